The highest BCUT2D eigenvalue weighted by Crippen LogP contribution is 2.31. The molecule has 1 aromatic heterocycles. The van der Waals surface area contributed by atoms with E-state index in [-0.39, 0.29) is 5.91 Å². The third kappa shape index (κ3) is 4.39. The summed E-state index contributed by atoms with van der Waals surface area (Å²) in [7, 11) is 0. The lowest BCUT2D eigenvalue weighted by Gasteiger charge is -2.07. The molecule has 0 saturated carbocycles. The Bertz CT molecular complexity index is 1490. The van der Waals surface area contributed by atoms with Gasteiger partial charge in [-0.3, -0.25) is 4.79 Å². The Labute approximate surface area is 202 Å². The van der Waals surface area contributed by atoms with Crippen LogP contribution < -0.4 is 5.32 Å². The molecule has 166 valence electrons. The number of hydrogen-bond acceptors (Lipinski definition) is 4. The lowest BCUT2D eigenvalue weighted by Crippen LogP contribution is -2.19. The molecule has 1 aliphatic rings. The van der Waals surface area contributed by atoms with Gasteiger partial charge in [-0.25, -0.2) is 4.99 Å². The first-order valence-corrected chi connectivity index (χ1v) is 11.9. The van der Waals surface area contributed by atoms with E-state index in [9.17, 15) is 10.1 Å². The van der Waals surface area contributed by atoms with Crippen LogP contribution in [0.15, 0.2) is 88.9 Å². The molecular formula is C28H22N4OS. The van der Waals surface area contributed by atoms with Crippen molar-refractivity contribution in [2.75, 3.05) is 0 Å². The molecule has 5 nitrogen and oxygen atoms in total. The molecule has 3 aromatic carbocycles. The van der Waals surface area contributed by atoms with Gasteiger partial charge in [0, 0.05) is 29.2 Å². The maximum absolute atomic E-state index is 12.7. The highest BCUT2D eigenvalue weighted by atomic mass is 32.2. The van der Waals surface area contributed by atoms with E-state index in [0.29, 0.717) is 22.2 Å². The number of fused-ring (bicyclic) bond motifs is 1. The summed E-state index contributed by atoms with van der Waals surface area (Å²) in [6.45, 7) is 2.69. The van der Waals surface area contributed by atoms with Crippen molar-refractivity contribution in [3.63, 3.8) is 0 Å². The summed E-state index contributed by atoms with van der Waals surface area (Å²) in [5.41, 5.74) is 5.70. The van der Waals surface area contributed by atoms with Crippen molar-refractivity contribution < 1.29 is 4.79 Å². The van der Waals surface area contributed by atoms with Crippen LogP contribution in [-0.2, 0) is 17.8 Å². The Hall–Kier alpha value is -4.08. The van der Waals surface area contributed by atoms with Gasteiger partial charge in [0.25, 0.3) is 5.91 Å². The van der Waals surface area contributed by atoms with Crippen LogP contribution in [0.1, 0.15) is 29.2 Å². The number of thioether (sulfide) groups is 1. The fourth-order valence-corrected chi connectivity index (χ4v) is 4.85. The zero-order chi connectivity index (χ0) is 23.5. The minimum absolute atomic E-state index is 0.152. The number of aromatic nitrogens is 1. The Morgan fingerprint density at radius 3 is 2.62 bits per heavy atom. The molecule has 1 fully saturated rings. The predicted molar refractivity (Wildman–Crippen MR) is 139 cm³/mol. The predicted octanol–water partition coefficient (Wildman–Crippen LogP) is 6.02. The number of nitrogens with one attached hydrogen (secondary N) is 1. The minimum Gasteiger partial charge on any atom is -0.342 e. The topological polar surface area (TPSA) is 70.2 Å². The number of benzene rings is 3. The molecular weight excluding hydrogens is 440 g/mol. The zero-order valence-electron chi connectivity index (χ0n) is 18.7. The second-order valence-corrected chi connectivity index (χ2v) is 9.03. The average molecular weight is 463 g/mol. The lowest BCUT2D eigenvalue weighted by atomic mass is 10.1. The normalized spacial score (nSPS) is 15.7. The highest BCUT2D eigenvalue weighted by Gasteiger charge is 2.24. The molecule has 0 unspecified atom stereocenters. The molecule has 34 heavy (non-hydrogen) atoms. The second kappa shape index (κ2) is 9.42. The SMILES string of the molecule is CCc1ccc(N=C2NC(=O)/C(=C/c3cn(Cc4ccccc4C#N)c4ccccc34)S2)cc1. The lowest BCUT2D eigenvalue weighted by molar-refractivity contribution is -0.115. The number of nitriles is 1. The monoisotopic (exact) mass is 462 g/mol. The van der Waals surface area contributed by atoms with E-state index in [4.69, 9.17) is 0 Å². The van der Waals surface area contributed by atoms with E-state index < -0.39 is 0 Å². The average Bonchev–Trinajstić information content (AvgIpc) is 3.39. The van der Waals surface area contributed by atoms with E-state index in [1.165, 1.54) is 17.3 Å². The Morgan fingerprint density at radius 1 is 1.06 bits per heavy atom. The van der Waals surface area contributed by atoms with Crippen molar-refractivity contribution in [1.29, 1.82) is 5.26 Å². The van der Waals surface area contributed by atoms with Gasteiger partial charge in [0.1, 0.15) is 0 Å². The number of aliphatic imine (C=N–C) groups is 1. The molecule has 0 aliphatic carbocycles. The highest BCUT2D eigenvalue weighted by molar-refractivity contribution is 8.18. The van der Waals surface area contributed by atoms with Crippen molar-refractivity contribution in [2.24, 2.45) is 4.99 Å². The summed E-state index contributed by atoms with van der Waals surface area (Å²) in [6.07, 6.45) is 4.93. The van der Waals surface area contributed by atoms with Gasteiger partial charge in [-0.05, 0) is 59.7 Å². The van der Waals surface area contributed by atoms with Crippen LogP contribution in [0.25, 0.3) is 17.0 Å². The summed E-state index contributed by atoms with van der Waals surface area (Å²) in [4.78, 5) is 17.9. The Morgan fingerprint density at radius 2 is 1.82 bits per heavy atom. The number of amides is 1. The van der Waals surface area contributed by atoms with Crippen molar-refractivity contribution in [2.45, 2.75) is 19.9 Å². The number of aryl methyl sites for hydroxylation is 1. The summed E-state index contributed by atoms with van der Waals surface area (Å²) >= 11 is 1.34. The number of amidine groups is 1. The number of hydrogen-bond donors (Lipinski definition) is 1. The summed E-state index contributed by atoms with van der Waals surface area (Å²) in [5, 5.41) is 14.0. The Balaban J connectivity index is 1.46. The molecule has 0 spiro atoms. The number of rotatable bonds is 5. The van der Waals surface area contributed by atoms with Crippen molar-refractivity contribution in [3.8, 4) is 6.07 Å². The van der Waals surface area contributed by atoms with Gasteiger partial charge in [0.15, 0.2) is 5.17 Å². The number of carbonyl (C=O) groups is 1. The van der Waals surface area contributed by atoms with Gasteiger partial charge in [-0.2, -0.15) is 5.26 Å². The molecule has 5 rings (SSSR count). The van der Waals surface area contributed by atoms with Crippen molar-refractivity contribution in [3.05, 3.63) is 106 Å². The molecule has 0 radical (unpaired) electrons. The number of carbonyl (C=O) groups excluding carboxylic acids is 1. The smallest absolute Gasteiger partial charge is 0.264 e. The van der Waals surface area contributed by atoms with Crippen LogP contribution in [0, 0.1) is 11.3 Å². The van der Waals surface area contributed by atoms with Gasteiger partial charge in [0.2, 0.25) is 0 Å². The van der Waals surface area contributed by atoms with Gasteiger partial charge in [-0.15, -0.1) is 0 Å². The number of para-hydroxylation sites is 1. The summed E-state index contributed by atoms with van der Waals surface area (Å²) in [6, 6.07) is 26.0. The Kier molecular flexibility index (Phi) is 6.03. The van der Waals surface area contributed by atoms with E-state index in [1.807, 2.05) is 60.8 Å². The van der Waals surface area contributed by atoms with E-state index >= 15 is 0 Å². The second-order valence-electron chi connectivity index (χ2n) is 8.00. The number of nitrogens with zero attached hydrogens (tertiary/aromatic N) is 3. The standard InChI is InChI=1S/C28H22N4OS/c1-2-19-11-13-23(14-12-19)30-28-31-27(33)26(34-28)15-22-18-32(25-10-6-5-9-24(22)25)17-21-8-4-3-7-20(21)16-29/h3-15,18H,2,17H2,1H3,(H,30,31,33)/b26-15-. The summed E-state index contributed by atoms with van der Waals surface area (Å²) < 4.78 is 2.12. The molecule has 1 aliphatic heterocycles. The zero-order valence-corrected chi connectivity index (χ0v) is 19.5. The molecule has 0 atom stereocenters. The van der Waals surface area contributed by atoms with Gasteiger partial charge >= 0.3 is 0 Å². The van der Waals surface area contributed by atoms with E-state index in [1.54, 1.807) is 0 Å². The third-order valence-electron chi connectivity index (χ3n) is 5.81. The van der Waals surface area contributed by atoms with Crippen LogP contribution in [0.3, 0.4) is 0 Å². The van der Waals surface area contributed by atoms with Gasteiger partial charge in [-0.1, -0.05) is 55.5 Å². The maximum Gasteiger partial charge on any atom is 0.264 e. The van der Waals surface area contributed by atoms with Crippen LogP contribution in [-0.4, -0.2) is 15.6 Å². The van der Waals surface area contributed by atoms with Crippen LogP contribution in [0.5, 0.6) is 0 Å². The van der Waals surface area contributed by atoms with Crippen LogP contribution >= 0.6 is 11.8 Å². The molecule has 4 aromatic rings. The first kappa shape index (κ1) is 21.7. The largest absolute Gasteiger partial charge is 0.342 e. The molecule has 6 heteroatoms. The van der Waals surface area contributed by atoms with Crippen LogP contribution in [0.4, 0.5) is 5.69 Å². The maximum atomic E-state index is 12.7. The molecule has 1 amide bonds. The van der Waals surface area contributed by atoms with Crippen LogP contribution in [0.2, 0.25) is 0 Å². The first-order valence-electron chi connectivity index (χ1n) is 11.1. The molecule has 1 saturated heterocycles. The first-order chi connectivity index (χ1) is 16.6. The van der Waals surface area contributed by atoms with E-state index in [2.05, 4.69) is 52.1 Å². The van der Waals surface area contributed by atoms with Gasteiger partial charge < -0.3 is 9.88 Å². The third-order valence-corrected chi connectivity index (χ3v) is 6.72. The quantitative estimate of drug-likeness (QED) is 0.369. The van der Waals surface area contributed by atoms with Crippen molar-refractivity contribution in [1.82, 2.24) is 9.88 Å². The minimum atomic E-state index is -0.152. The summed E-state index contributed by atoms with van der Waals surface area (Å²) in [5.74, 6) is -0.152. The van der Waals surface area contributed by atoms with E-state index in [0.717, 1.165) is 34.1 Å². The molecule has 1 N–H and O–H groups in total. The molecule has 0 bridgehead atoms. The molecule has 2 heterocycles. The van der Waals surface area contributed by atoms with Gasteiger partial charge in [0.05, 0.1) is 22.2 Å². The van der Waals surface area contributed by atoms with Crippen molar-refractivity contribution >= 4 is 45.5 Å². The fraction of sp³-hybridized carbons (Fsp3) is 0.107. The fourth-order valence-electron chi connectivity index (χ4n) is 4.02.